The number of rotatable bonds is 4. The van der Waals surface area contributed by atoms with E-state index in [-0.39, 0.29) is 20.2 Å². The molecule has 1 aromatic rings. The number of hydrogen-bond acceptors (Lipinski definition) is 4. The minimum atomic E-state index is -4.20. The Balaban J connectivity index is 3.05. The van der Waals surface area contributed by atoms with Gasteiger partial charge >= 0.3 is 10.1 Å². The van der Waals surface area contributed by atoms with Crippen molar-refractivity contribution in [3.8, 4) is 0 Å². The van der Waals surface area contributed by atoms with Crippen molar-refractivity contribution >= 4 is 77.1 Å². The van der Waals surface area contributed by atoms with Crippen molar-refractivity contribution < 1.29 is 12.7 Å². The highest BCUT2D eigenvalue weighted by Gasteiger charge is 2.23. The first-order valence-electron chi connectivity index (χ1n) is 4.14. The second kappa shape index (κ2) is 6.63. The van der Waals surface area contributed by atoms with E-state index in [1.165, 1.54) is 0 Å². The summed E-state index contributed by atoms with van der Waals surface area (Å²) in [4.78, 5) is 0. The van der Waals surface area contributed by atoms with E-state index in [4.69, 9.17) is 46.4 Å². The van der Waals surface area contributed by atoms with Crippen LogP contribution in [0.4, 0.5) is 0 Å². The van der Waals surface area contributed by atoms with Gasteiger partial charge in [-0.1, -0.05) is 57.6 Å². The molecular formula is C8H4BrCl4NO3S. The Bertz CT molecular complexity index is 555. The third-order valence-corrected chi connectivity index (χ3v) is 4.81. The summed E-state index contributed by atoms with van der Waals surface area (Å²) in [7, 11) is -4.20. The molecule has 1 aromatic carbocycles. The van der Waals surface area contributed by atoms with Crippen LogP contribution in [-0.4, -0.2) is 17.2 Å². The van der Waals surface area contributed by atoms with E-state index in [9.17, 15) is 8.42 Å². The number of alkyl halides is 2. The van der Waals surface area contributed by atoms with Crippen LogP contribution in [0.1, 0.15) is 5.56 Å². The summed E-state index contributed by atoms with van der Waals surface area (Å²) in [5.41, 5.74) is 0.289. The zero-order chi connectivity index (χ0) is 13.9. The second-order valence-corrected chi connectivity index (χ2v) is 7.59. The molecule has 0 fully saturated rings. The van der Waals surface area contributed by atoms with Gasteiger partial charge in [0.15, 0.2) is 4.62 Å². The lowest BCUT2D eigenvalue weighted by molar-refractivity contribution is 0.342. The van der Waals surface area contributed by atoms with Crippen molar-refractivity contribution in [3.63, 3.8) is 0 Å². The van der Waals surface area contributed by atoms with Gasteiger partial charge in [-0.2, -0.15) is 8.42 Å². The summed E-state index contributed by atoms with van der Waals surface area (Å²) in [6.07, 6.45) is 0. The molecule has 0 aliphatic heterocycles. The Kier molecular flexibility index (Phi) is 6.02. The third-order valence-electron chi connectivity index (χ3n) is 1.61. The number of benzene rings is 1. The van der Waals surface area contributed by atoms with Crippen molar-refractivity contribution in [1.82, 2.24) is 0 Å². The fourth-order valence-corrected chi connectivity index (χ4v) is 2.70. The van der Waals surface area contributed by atoms with Crippen molar-refractivity contribution in [2.24, 2.45) is 5.16 Å². The molecule has 0 amide bonds. The molecule has 0 heterocycles. The first-order chi connectivity index (χ1) is 8.25. The molecule has 0 aromatic heterocycles. The molecular weight excluding hydrogens is 412 g/mol. The molecule has 0 aliphatic rings. The van der Waals surface area contributed by atoms with Gasteiger partial charge in [-0.25, -0.2) is 0 Å². The molecule has 0 unspecified atom stereocenters. The Morgan fingerprint density at radius 3 is 2.22 bits per heavy atom. The summed E-state index contributed by atoms with van der Waals surface area (Å²) < 4.78 is 24.8. The lowest BCUT2D eigenvalue weighted by Gasteiger charge is -2.05. The van der Waals surface area contributed by atoms with E-state index < -0.39 is 14.3 Å². The molecule has 0 N–H and O–H groups in total. The monoisotopic (exact) mass is 413 g/mol. The van der Waals surface area contributed by atoms with Gasteiger partial charge in [-0.3, -0.25) is 4.28 Å². The summed E-state index contributed by atoms with van der Waals surface area (Å²) >= 11 is 25.1. The largest absolute Gasteiger partial charge is 0.360 e. The molecule has 10 heteroatoms. The highest BCUT2D eigenvalue weighted by molar-refractivity contribution is 9.18. The highest BCUT2D eigenvalue weighted by Crippen LogP contribution is 2.27. The van der Waals surface area contributed by atoms with Crippen molar-refractivity contribution in [3.05, 3.63) is 33.8 Å². The van der Waals surface area contributed by atoms with E-state index >= 15 is 0 Å². The van der Waals surface area contributed by atoms with E-state index in [0.717, 1.165) is 0 Å². The number of halogens is 5. The minimum absolute atomic E-state index is 0.00402. The Hall–Kier alpha value is 0.280. The topological polar surface area (TPSA) is 55.7 Å². The molecule has 4 nitrogen and oxygen atoms in total. The standard InChI is InChI=1S/C8H4BrCl4NO3S/c9-7(14-17-18(15,16)8(12)13)6-4(10)2-1-3-5(6)11/h1-3,8H. The summed E-state index contributed by atoms with van der Waals surface area (Å²) in [5.74, 6) is 0. The fraction of sp³-hybridized carbons (Fsp3) is 0.125. The maximum Gasteiger partial charge on any atom is 0.360 e. The third kappa shape index (κ3) is 4.15. The van der Waals surface area contributed by atoms with Gasteiger partial charge in [0.2, 0.25) is 4.17 Å². The number of nitrogens with zero attached hydrogens (tertiary/aromatic N) is 1. The summed E-state index contributed by atoms with van der Waals surface area (Å²) in [6, 6.07) is 4.74. The molecule has 0 bridgehead atoms. The summed E-state index contributed by atoms with van der Waals surface area (Å²) in [6.45, 7) is 0. The van der Waals surface area contributed by atoms with Crippen LogP contribution in [0.15, 0.2) is 23.4 Å². The fourth-order valence-electron chi connectivity index (χ4n) is 0.858. The smallest absolute Gasteiger partial charge is 0.265 e. The van der Waals surface area contributed by atoms with Crippen molar-refractivity contribution in [1.29, 1.82) is 0 Å². The van der Waals surface area contributed by atoms with Crippen LogP contribution in [0.25, 0.3) is 0 Å². The molecule has 0 radical (unpaired) electrons. The summed E-state index contributed by atoms with van der Waals surface area (Å²) in [5, 5.41) is 3.86. The maximum absolute atomic E-state index is 11.2. The molecule has 0 spiro atoms. The quantitative estimate of drug-likeness (QED) is 0.421. The van der Waals surface area contributed by atoms with Crippen LogP contribution in [0.5, 0.6) is 0 Å². The Labute approximate surface area is 132 Å². The first-order valence-corrected chi connectivity index (χ1v) is 8.03. The Morgan fingerprint density at radius 1 is 1.28 bits per heavy atom. The van der Waals surface area contributed by atoms with Gasteiger partial charge < -0.3 is 0 Å². The Morgan fingerprint density at radius 2 is 1.78 bits per heavy atom. The normalized spacial score (nSPS) is 12.9. The minimum Gasteiger partial charge on any atom is -0.265 e. The molecule has 18 heavy (non-hydrogen) atoms. The molecule has 100 valence electrons. The van der Waals surface area contributed by atoms with Crippen LogP contribution in [0.3, 0.4) is 0 Å². The van der Waals surface area contributed by atoms with Crippen LogP contribution < -0.4 is 0 Å². The zero-order valence-corrected chi connectivity index (χ0v) is 13.7. The number of oxime groups is 1. The molecule has 0 aliphatic carbocycles. The van der Waals surface area contributed by atoms with E-state index in [2.05, 4.69) is 25.4 Å². The predicted octanol–water partition coefficient (Wildman–Crippen LogP) is 4.16. The van der Waals surface area contributed by atoms with Gasteiger partial charge in [-0.05, 0) is 28.1 Å². The zero-order valence-electron chi connectivity index (χ0n) is 8.28. The first kappa shape index (κ1) is 16.3. The second-order valence-electron chi connectivity index (χ2n) is 2.81. The SMILES string of the molecule is O=S(=O)(ON=C(Br)c1c(Cl)cccc1Cl)C(Cl)Cl. The lowest BCUT2D eigenvalue weighted by atomic mass is 10.2. The van der Waals surface area contributed by atoms with Gasteiger partial charge in [0.05, 0.1) is 10.0 Å². The van der Waals surface area contributed by atoms with E-state index in [1.807, 2.05) is 0 Å². The molecule has 0 saturated heterocycles. The molecule has 0 saturated carbocycles. The van der Waals surface area contributed by atoms with Gasteiger partial charge in [-0.15, -0.1) is 0 Å². The average Bonchev–Trinajstić information content (AvgIpc) is 2.26. The van der Waals surface area contributed by atoms with Gasteiger partial charge in [0, 0.05) is 5.56 Å². The van der Waals surface area contributed by atoms with Crippen LogP contribution in [0, 0.1) is 0 Å². The average molecular weight is 416 g/mol. The van der Waals surface area contributed by atoms with Gasteiger partial charge in [0.1, 0.15) is 0 Å². The van der Waals surface area contributed by atoms with Crippen LogP contribution in [0.2, 0.25) is 10.0 Å². The van der Waals surface area contributed by atoms with Crippen LogP contribution in [-0.2, 0) is 14.4 Å². The molecule has 1 rings (SSSR count). The lowest BCUT2D eigenvalue weighted by Crippen LogP contribution is -2.11. The predicted molar refractivity (Wildman–Crippen MR) is 77.4 cm³/mol. The van der Waals surface area contributed by atoms with E-state index in [1.54, 1.807) is 18.2 Å². The van der Waals surface area contributed by atoms with E-state index in [0.29, 0.717) is 0 Å². The van der Waals surface area contributed by atoms with Crippen molar-refractivity contribution in [2.45, 2.75) is 4.17 Å². The van der Waals surface area contributed by atoms with Gasteiger partial charge in [0.25, 0.3) is 0 Å². The molecule has 0 atom stereocenters. The number of hydrogen-bond donors (Lipinski definition) is 0. The van der Waals surface area contributed by atoms with Crippen molar-refractivity contribution in [2.75, 3.05) is 0 Å². The maximum atomic E-state index is 11.2. The van der Waals surface area contributed by atoms with Crippen LogP contribution >= 0.6 is 62.3 Å². The highest BCUT2D eigenvalue weighted by atomic mass is 79.9.